The molecule has 2 aromatic carbocycles. The molecule has 2 heterocycles. The fourth-order valence-electron chi connectivity index (χ4n) is 2.68. The Kier molecular flexibility index (Phi) is 3.99. The number of carbonyl (C=O) groups excluding carboxylic acids is 1. The van der Waals surface area contributed by atoms with Gasteiger partial charge in [-0.05, 0) is 41.8 Å². The standard InChI is InChI=1S/C20H13FN2OS/c21-13-5-3-6-14(11-13)22-20(24)16-12-18(19-9-4-10-25-19)23-17-8-2-1-7-15(16)17/h1-12H,(H,22,24). The van der Waals surface area contributed by atoms with Crippen molar-refractivity contribution in [3.8, 4) is 10.6 Å². The minimum atomic E-state index is -0.392. The van der Waals surface area contributed by atoms with E-state index >= 15 is 0 Å². The smallest absolute Gasteiger partial charge is 0.256 e. The summed E-state index contributed by atoms with van der Waals surface area (Å²) in [5.41, 5.74) is 2.43. The lowest BCUT2D eigenvalue weighted by Crippen LogP contribution is -2.13. The molecule has 0 atom stereocenters. The molecule has 0 saturated carbocycles. The number of aromatic nitrogens is 1. The van der Waals surface area contributed by atoms with Crippen LogP contribution in [0.1, 0.15) is 10.4 Å². The van der Waals surface area contributed by atoms with E-state index in [1.165, 1.54) is 12.1 Å². The molecule has 25 heavy (non-hydrogen) atoms. The van der Waals surface area contributed by atoms with Crippen molar-refractivity contribution in [2.75, 3.05) is 5.32 Å². The SMILES string of the molecule is O=C(Nc1cccc(F)c1)c1cc(-c2cccs2)nc2ccccc12. The molecule has 0 aliphatic rings. The van der Waals surface area contributed by atoms with E-state index in [1.54, 1.807) is 29.5 Å². The van der Waals surface area contributed by atoms with Crippen LogP contribution in [0, 0.1) is 5.82 Å². The number of nitrogens with zero attached hydrogens (tertiary/aromatic N) is 1. The number of anilines is 1. The van der Waals surface area contributed by atoms with Crippen molar-refractivity contribution in [1.82, 2.24) is 4.98 Å². The van der Waals surface area contributed by atoms with E-state index in [-0.39, 0.29) is 5.91 Å². The van der Waals surface area contributed by atoms with Gasteiger partial charge in [0.25, 0.3) is 5.91 Å². The van der Waals surface area contributed by atoms with Gasteiger partial charge in [0.1, 0.15) is 5.82 Å². The zero-order valence-corrected chi connectivity index (χ0v) is 13.9. The summed E-state index contributed by atoms with van der Waals surface area (Å²) in [6.07, 6.45) is 0. The van der Waals surface area contributed by atoms with Gasteiger partial charge in [-0.3, -0.25) is 4.79 Å². The maximum absolute atomic E-state index is 13.4. The Hall–Kier alpha value is -3.05. The first kappa shape index (κ1) is 15.5. The van der Waals surface area contributed by atoms with E-state index in [9.17, 15) is 9.18 Å². The van der Waals surface area contributed by atoms with Gasteiger partial charge in [0, 0.05) is 11.1 Å². The highest BCUT2D eigenvalue weighted by Crippen LogP contribution is 2.28. The van der Waals surface area contributed by atoms with Crippen LogP contribution in [0.25, 0.3) is 21.5 Å². The van der Waals surface area contributed by atoms with Crippen molar-refractivity contribution in [2.24, 2.45) is 0 Å². The Balaban J connectivity index is 1.80. The number of hydrogen-bond donors (Lipinski definition) is 1. The lowest BCUT2D eigenvalue weighted by molar-refractivity contribution is 0.102. The van der Waals surface area contributed by atoms with E-state index in [1.807, 2.05) is 41.8 Å². The Morgan fingerprint density at radius 3 is 2.68 bits per heavy atom. The predicted octanol–water partition coefficient (Wildman–Crippen LogP) is 5.35. The minimum absolute atomic E-state index is 0.290. The van der Waals surface area contributed by atoms with E-state index in [0.29, 0.717) is 11.3 Å². The van der Waals surface area contributed by atoms with Crippen LogP contribution in [-0.4, -0.2) is 10.9 Å². The molecule has 0 aliphatic heterocycles. The van der Waals surface area contributed by atoms with Gasteiger partial charge in [0.05, 0.1) is 21.7 Å². The summed E-state index contributed by atoms with van der Waals surface area (Å²) in [5.74, 6) is -0.682. The van der Waals surface area contributed by atoms with Crippen LogP contribution < -0.4 is 5.32 Å². The number of para-hydroxylation sites is 1. The third-order valence-electron chi connectivity index (χ3n) is 3.82. The average molecular weight is 348 g/mol. The second kappa shape index (κ2) is 6.45. The first-order valence-corrected chi connectivity index (χ1v) is 8.59. The van der Waals surface area contributed by atoms with E-state index in [2.05, 4.69) is 10.3 Å². The number of nitrogens with one attached hydrogen (secondary N) is 1. The highest BCUT2D eigenvalue weighted by atomic mass is 32.1. The average Bonchev–Trinajstić information content (AvgIpc) is 3.15. The van der Waals surface area contributed by atoms with Crippen molar-refractivity contribution in [3.05, 3.63) is 83.5 Å². The summed E-state index contributed by atoms with van der Waals surface area (Å²) in [6, 6.07) is 19.1. The second-order valence-electron chi connectivity index (χ2n) is 5.51. The maximum atomic E-state index is 13.4. The molecule has 1 amide bonds. The zero-order valence-electron chi connectivity index (χ0n) is 13.1. The van der Waals surface area contributed by atoms with Crippen LogP contribution in [0.4, 0.5) is 10.1 Å². The first-order valence-electron chi connectivity index (χ1n) is 7.71. The molecule has 0 spiro atoms. The van der Waals surface area contributed by atoms with Crippen LogP contribution >= 0.6 is 11.3 Å². The van der Waals surface area contributed by atoms with Gasteiger partial charge in [-0.2, -0.15) is 0 Å². The fourth-order valence-corrected chi connectivity index (χ4v) is 3.36. The molecule has 2 aromatic heterocycles. The third-order valence-corrected chi connectivity index (χ3v) is 4.71. The Morgan fingerprint density at radius 1 is 1.00 bits per heavy atom. The van der Waals surface area contributed by atoms with Crippen molar-refractivity contribution >= 4 is 33.8 Å². The van der Waals surface area contributed by atoms with Gasteiger partial charge in [-0.1, -0.05) is 30.3 Å². The molecule has 4 rings (SSSR count). The molecule has 0 aliphatic carbocycles. The van der Waals surface area contributed by atoms with Crippen molar-refractivity contribution in [2.45, 2.75) is 0 Å². The number of thiophene rings is 1. The lowest BCUT2D eigenvalue weighted by Gasteiger charge is -2.10. The number of halogens is 1. The molecule has 122 valence electrons. The summed E-state index contributed by atoms with van der Waals surface area (Å²) in [5, 5.41) is 5.49. The van der Waals surface area contributed by atoms with Crippen molar-refractivity contribution < 1.29 is 9.18 Å². The summed E-state index contributed by atoms with van der Waals surface area (Å²) in [7, 11) is 0. The second-order valence-corrected chi connectivity index (χ2v) is 6.46. The van der Waals surface area contributed by atoms with Gasteiger partial charge in [-0.15, -0.1) is 11.3 Å². The van der Waals surface area contributed by atoms with Crippen LogP contribution in [0.15, 0.2) is 72.1 Å². The molecular formula is C20H13FN2OS. The molecular weight excluding hydrogens is 335 g/mol. The molecule has 1 N–H and O–H groups in total. The predicted molar refractivity (Wildman–Crippen MR) is 99.4 cm³/mol. The zero-order chi connectivity index (χ0) is 17.2. The number of rotatable bonds is 3. The number of fused-ring (bicyclic) bond motifs is 1. The molecule has 5 heteroatoms. The van der Waals surface area contributed by atoms with Crippen LogP contribution in [0.2, 0.25) is 0 Å². The topological polar surface area (TPSA) is 42.0 Å². The van der Waals surface area contributed by atoms with Crippen molar-refractivity contribution in [1.29, 1.82) is 0 Å². The monoisotopic (exact) mass is 348 g/mol. The minimum Gasteiger partial charge on any atom is -0.322 e. The Labute approximate surface area is 147 Å². The van der Waals surface area contributed by atoms with Crippen LogP contribution in [0.3, 0.4) is 0 Å². The number of benzene rings is 2. The number of amides is 1. The quantitative estimate of drug-likeness (QED) is 0.542. The largest absolute Gasteiger partial charge is 0.322 e. The number of carbonyl (C=O) groups is 1. The van der Waals surface area contributed by atoms with Gasteiger partial charge >= 0.3 is 0 Å². The molecule has 0 unspecified atom stereocenters. The van der Waals surface area contributed by atoms with Gasteiger partial charge in [0.15, 0.2) is 0 Å². The molecule has 0 fully saturated rings. The van der Waals surface area contributed by atoms with Gasteiger partial charge in [0.2, 0.25) is 0 Å². The first-order chi connectivity index (χ1) is 12.2. The molecule has 0 radical (unpaired) electrons. The fraction of sp³-hybridized carbons (Fsp3) is 0. The summed E-state index contributed by atoms with van der Waals surface area (Å²) in [6.45, 7) is 0. The van der Waals surface area contributed by atoms with E-state index in [0.717, 1.165) is 21.5 Å². The van der Waals surface area contributed by atoms with Gasteiger partial charge in [-0.25, -0.2) is 9.37 Å². The third kappa shape index (κ3) is 3.14. The maximum Gasteiger partial charge on any atom is 0.256 e. The Bertz CT molecular complexity index is 1060. The van der Waals surface area contributed by atoms with Gasteiger partial charge < -0.3 is 5.32 Å². The Morgan fingerprint density at radius 2 is 1.88 bits per heavy atom. The van der Waals surface area contributed by atoms with Crippen molar-refractivity contribution in [3.63, 3.8) is 0 Å². The normalized spacial score (nSPS) is 10.8. The van der Waals surface area contributed by atoms with E-state index < -0.39 is 5.82 Å². The number of pyridine rings is 1. The van der Waals surface area contributed by atoms with Crippen LogP contribution in [-0.2, 0) is 0 Å². The summed E-state index contributed by atoms with van der Waals surface area (Å²) < 4.78 is 13.4. The molecule has 3 nitrogen and oxygen atoms in total. The molecule has 0 saturated heterocycles. The van der Waals surface area contributed by atoms with Crippen LogP contribution in [0.5, 0.6) is 0 Å². The highest BCUT2D eigenvalue weighted by Gasteiger charge is 2.14. The number of hydrogen-bond acceptors (Lipinski definition) is 3. The highest BCUT2D eigenvalue weighted by molar-refractivity contribution is 7.13. The van der Waals surface area contributed by atoms with E-state index in [4.69, 9.17) is 0 Å². The molecule has 0 bridgehead atoms. The molecule has 4 aromatic rings. The lowest BCUT2D eigenvalue weighted by atomic mass is 10.1. The summed E-state index contributed by atoms with van der Waals surface area (Å²) in [4.78, 5) is 18.4. The summed E-state index contributed by atoms with van der Waals surface area (Å²) >= 11 is 1.57.